The number of nitrogens with one attached hydrogen (secondary N) is 1. The quantitative estimate of drug-likeness (QED) is 0.695. The van der Waals surface area contributed by atoms with Crippen LogP contribution in [0, 0.1) is 0 Å². The molecule has 4 rings (SSSR count). The SMILES string of the molecule is Cn1cc(-c2nc([C@H]3CCCCCN3C(=O)CNC(=O)c3ccccc3)no2)cn1. The van der Waals surface area contributed by atoms with E-state index in [-0.39, 0.29) is 24.4 Å². The first kappa shape index (κ1) is 19.8. The zero-order chi connectivity index (χ0) is 20.9. The Morgan fingerprint density at radius 3 is 2.80 bits per heavy atom. The molecule has 1 aliphatic heterocycles. The molecule has 1 N–H and O–H groups in total. The molecule has 2 amide bonds. The van der Waals surface area contributed by atoms with Crippen molar-refractivity contribution in [2.45, 2.75) is 31.7 Å². The second kappa shape index (κ2) is 8.89. The normalized spacial score (nSPS) is 16.8. The van der Waals surface area contributed by atoms with Crippen LogP contribution in [0.4, 0.5) is 0 Å². The Kier molecular flexibility index (Phi) is 5.87. The van der Waals surface area contributed by atoms with Crippen LogP contribution >= 0.6 is 0 Å². The fourth-order valence-corrected chi connectivity index (χ4v) is 3.64. The van der Waals surface area contributed by atoms with E-state index in [0.717, 1.165) is 31.2 Å². The molecule has 0 radical (unpaired) electrons. The molecule has 9 heteroatoms. The van der Waals surface area contributed by atoms with Crippen LogP contribution in [0.15, 0.2) is 47.2 Å². The molecule has 0 bridgehead atoms. The number of carbonyl (C=O) groups is 2. The van der Waals surface area contributed by atoms with Gasteiger partial charge in [-0.05, 0) is 25.0 Å². The molecule has 1 aliphatic rings. The van der Waals surface area contributed by atoms with Crippen LogP contribution in [0.5, 0.6) is 0 Å². The first-order chi connectivity index (χ1) is 14.6. The van der Waals surface area contributed by atoms with Crippen molar-refractivity contribution in [3.8, 4) is 11.5 Å². The minimum Gasteiger partial charge on any atom is -0.343 e. The van der Waals surface area contributed by atoms with Gasteiger partial charge in [0.15, 0.2) is 5.82 Å². The molecule has 9 nitrogen and oxygen atoms in total. The largest absolute Gasteiger partial charge is 0.343 e. The van der Waals surface area contributed by atoms with E-state index >= 15 is 0 Å². The number of hydrogen-bond acceptors (Lipinski definition) is 6. The first-order valence-electron chi connectivity index (χ1n) is 10.1. The van der Waals surface area contributed by atoms with Crippen LogP contribution in [0.3, 0.4) is 0 Å². The van der Waals surface area contributed by atoms with Crippen LogP contribution in [-0.2, 0) is 11.8 Å². The number of carbonyl (C=O) groups excluding carboxylic acids is 2. The second-order valence-electron chi connectivity index (χ2n) is 7.36. The minimum absolute atomic E-state index is 0.0719. The molecule has 3 aromatic rings. The highest BCUT2D eigenvalue weighted by atomic mass is 16.5. The van der Waals surface area contributed by atoms with E-state index in [9.17, 15) is 9.59 Å². The molecule has 0 saturated carbocycles. The monoisotopic (exact) mass is 408 g/mol. The fraction of sp³-hybridized carbons (Fsp3) is 0.381. The van der Waals surface area contributed by atoms with Crippen molar-refractivity contribution in [2.24, 2.45) is 7.05 Å². The Morgan fingerprint density at radius 2 is 2.03 bits per heavy atom. The maximum atomic E-state index is 13.0. The summed E-state index contributed by atoms with van der Waals surface area (Å²) >= 11 is 0. The van der Waals surface area contributed by atoms with Crippen LogP contribution < -0.4 is 5.32 Å². The summed E-state index contributed by atoms with van der Waals surface area (Å²) in [6, 6.07) is 8.58. The van der Waals surface area contributed by atoms with E-state index in [1.807, 2.05) is 13.1 Å². The molecule has 0 aliphatic carbocycles. The van der Waals surface area contributed by atoms with Crippen molar-refractivity contribution < 1.29 is 14.1 Å². The zero-order valence-electron chi connectivity index (χ0n) is 16.8. The molecule has 0 unspecified atom stereocenters. The summed E-state index contributed by atoms with van der Waals surface area (Å²) in [6.07, 6.45) is 7.12. The van der Waals surface area contributed by atoms with Crippen LogP contribution in [0.25, 0.3) is 11.5 Å². The third kappa shape index (κ3) is 4.40. The summed E-state index contributed by atoms with van der Waals surface area (Å²) in [7, 11) is 1.82. The number of aromatic nitrogens is 4. The smallest absolute Gasteiger partial charge is 0.261 e. The highest BCUT2D eigenvalue weighted by molar-refractivity contribution is 5.96. The van der Waals surface area contributed by atoms with Crippen molar-refractivity contribution in [2.75, 3.05) is 13.1 Å². The van der Waals surface area contributed by atoms with Gasteiger partial charge in [0.05, 0.1) is 24.3 Å². The molecule has 2 aromatic heterocycles. The molecule has 30 heavy (non-hydrogen) atoms. The summed E-state index contributed by atoms with van der Waals surface area (Å²) in [6.45, 7) is 0.527. The fourth-order valence-electron chi connectivity index (χ4n) is 3.64. The first-order valence-corrected chi connectivity index (χ1v) is 10.1. The van der Waals surface area contributed by atoms with Gasteiger partial charge in [-0.1, -0.05) is 36.2 Å². The summed E-state index contributed by atoms with van der Waals surface area (Å²) in [5.74, 6) is 0.443. The Hall–Kier alpha value is -3.49. The lowest BCUT2D eigenvalue weighted by molar-refractivity contribution is -0.132. The van der Waals surface area contributed by atoms with Crippen molar-refractivity contribution in [3.05, 3.63) is 54.1 Å². The summed E-state index contributed by atoms with van der Waals surface area (Å²) in [5.41, 5.74) is 1.26. The van der Waals surface area contributed by atoms with Gasteiger partial charge in [-0.25, -0.2) is 0 Å². The topological polar surface area (TPSA) is 106 Å². The van der Waals surface area contributed by atoms with Crippen molar-refractivity contribution >= 4 is 11.8 Å². The highest BCUT2D eigenvalue weighted by Gasteiger charge is 2.30. The number of nitrogens with zero attached hydrogens (tertiary/aromatic N) is 5. The van der Waals surface area contributed by atoms with Gasteiger partial charge in [0, 0.05) is 25.4 Å². The summed E-state index contributed by atoms with van der Waals surface area (Å²) in [4.78, 5) is 31.5. The van der Waals surface area contributed by atoms with Gasteiger partial charge in [0.25, 0.3) is 11.8 Å². The molecule has 1 saturated heterocycles. The lowest BCUT2D eigenvalue weighted by Gasteiger charge is -2.28. The Morgan fingerprint density at radius 1 is 1.20 bits per heavy atom. The number of likely N-dealkylation sites (tertiary alicyclic amines) is 1. The zero-order valence-corrected chi connectivity index (χ0v) is 16.8. The molecule has 1 aromatic carbocycles. The number of aryl methyl sites for hydroxylation is 1. The third-order valence-electron chi connectivity index (χ3n) is 5.20. The molecule has 0 spiro atoms. The molecule has 156 valence electrons. The number of rotatable bonds is 5. The van der Waals surface area contributed by atoms with Crippen LogP contribution in [-0.4, -0.2) is 49.7 Å². The van der Waals surface area contributed by atoms with Gasteiger partial charge >= 0.3 is 0 Å². The average molecular weight is 408 g/mol. The molecule has 3 heterocycles. The minimum atomic E-state index is -0.275. The lowest BCUT2D eigenvalue weighted by atomic mass is 10.1. The van der Waals surface area contributed by atoms with Gasteiger partial charge in [0.1, 0.15) is 0 Å². The number of hydrogen-bond donors (Lipinski definition) is 1. The number of amides is 2. The van der Waals surface area contributed by atoms with Gasteiger partial charge in [-0.2, -0.15) is 10.1 Å². The van der Waals surface area contributed by atoms with E-state index in [1.165, 1.54) is 0 Å². The standard InChI is InChI=1S/C21H24N6O3/c1-26-14-16(12-23-26)21-24-19(25-30-21)17-10-6-3-7-11-27(17)18(28)13-22-20(29)15-8-4-2-5-9-15/h2,4-5,8-9,12,14,17H,3,6-7,10-11,13H2,1H3,(H,22,29)/t17-/m1/s1. The molecular weight excluding hydrogens is 384 g/mol. The third-order valence-corrected chi connectivity index (χ3v) is 5.20. The van der Waals surface area contributed by atoms with Crippen LogP contribution in [0.2, 0.25) is 0 Å². The maximum Gasteiger partial charge on any atom is 0.261 e. The van der Waals surface area contributed by atoms with E-state index in [4.69, 9.17) is 4.52 Å². The van der Waals surface area contributed by atoms with E-state index in [1.54, 1.807) is 46.2 Å². The van der Waals surface area contributed by atoms with Crippen molar-refractivity contribution in [3.63, 3.8) is 0 Å². The Bertz CT molecular complexity index is 1010. The summed E-state index contributed by atoms with van der Waals surface area (Å²) < 4.78 is 7.08. The van der Waals surface area contributed by atoms with Crippen LogP contribution in [0.1, 0.15) is 47.9 Å². The van der Waals surface area contributed by atoms with Gasteiger partial charge in [-0.3, -0.25) is 14.3 Å². The maximum absolute atomic E-state index is 13.0. The Balaban J connectivity index is 1.47. The Labute approximate surface area is 174 Å². The van der Waals surface area contributed by atoms with Crippen molar-refractivity contribution in [1.29, 1.82) is 0 Å². The van der Waals surface area contributed by atoms with E-state index in [2.05, 4.69) is 20.6 Å². The van der Waals surface area contributed by atoms with E-state index < -0.39 is 0 Å². The van der Waals surface area contributed by atoms with E-state index in [0.29, 0.717) is 23.8 Å². The highest BCUT2D eigenvalue weighted by Crippen LogP contribution is 2.30. The van der Waals surface area contributed by atoms with Gasteiger partial charge in [0.2, 0.25) is 5.91 Å². The lowest BCUT2D eigenvalue weighted by Crippen LogP contribution is -2.42. The summed E-state index contributed by atoms with van der Waals surface area (Å²) in [5, 5.41) is 11.0. The van der Waals surface area contributed by atoms with Gasteiger partial charge < -0.3 is 14.7 Å². The second-order valence-corrected chi connectivity index (χ2v) is 7.36. The molecule has 1 atom stereocenters. The van der Waals surface area contributed by atoms with Crippen molar-refractivity contribution in [1.82, 2.24) is 30.1 Å². The molecule has 1 fully saturated rings. The average Bonchev–Trinajstić information content (AvgIpc) is 3.35. The molecular formula is C21H24N6O3. The van der Waals surface area contributed by atoms with Gasteiger partial charge in [-0.15, -0.1) is 0 Å². The predicted octanol–water partition coefficient (Wildman–Crippen LogP) is 2.34. The number of benzene rings is 1. The predicted molar refractivity (Wildman–Crippen MR) is 108 cm³/mol.